The Labute approximate surface area is 212 Å². The van der Waals surface area contributed by atoms with E-state index in [0.29, 0.717) is 0 Å². The molecule has 0 atom stereocenters. The predicted molar refractivity (Wildman–Crippen MR) is 155 cm³/mol. The van der Waals surface area contributed by atoms with Crippen LogP contribution in [0.15, 0.2) is 71.7 Å². The lowest BCUT2D eigenvalue weighted by Gasteiger charge is -2.21. The molecule has 3 heteroatoms. The molecule has 0 saturated heterocycles. The van der Waals surface area contributed by atoms with E-state index in [1.165, 1.54) is 0 Å². The van der Waals surface area contributed by atoms with Gasteiger partial charge < -0.3 is 5.32 Å². The standard InChI is InChI=1S/C32H36N2Si/c1-9-25-13-17-27(18-14-25)29-11-10-12-30(31(29)32(33-23(2)3)34-24(4)5)28-19-15-26(16-20-28)21-22-35(6,7)8/h1,10-20,23-24H,2-8H3,(H,33,34). The summed E-state index contributed by atoms with van der Waals surface area (Å²) in [5, 5.41) is 3.62. The number of nitrogens with one attached hydrogen (secondary N) is 1. The van der Waals surface area contributed by atoms with Crippen molar-refractivity contribution in [2.24, 2.45) is 4.99 Å². The van der Waals surface area contributed by atoms with Gasteiger partial charge in [-0.1, -0.05) is 73.9 Å². The first-order valence-electron chi connectivity index (χ1n) is 12.3. The summed E-state index contributed by atoms with van der Waals surface area (Å²) in [6.07, 6.45) is 5.60. The Balaban J connectivity index is 2.22. The SMILES string of the molecule is C#Cc1ccc(-c2cccc(-c3ccc(C#C[Si](C)(C)C)cc3)c2C(=NC(C)C)NC(C)C)cc1. The number of nitrogens with zero attached hydrogens (tertiary/aromatic N) is 1. The smallest absolute Gasteiger partial charge is 0.129 e. The summed E-state index contributed by atoms with van der Waals surface area (Å²) in [7, 11) is -1.42. The van der Waals surface area contributed by atoms with Gasteiger partial charge in [0, 0.05) is 28.8 Å². The van der Waals surface area contributed by atoms with Crippen molar-refractivity contribution in [1.82, 2.24) is 5.32 Å². The van der Waals surface area contributed by atoms with E-state index >= 15 is 0 Å². The van der Waals surface area contributed by atoms with E-state index in [1.807, 2.05) is 12.1 Å². The van der Waals surface area contributed by atoms with Crippen LogP contribution < -0.4 is 5.32 Å². The van der Waals surface area contributed by atoms with Gasteiger partial charge in [0.25, 0.3) is 0 Å². The summed E-state index contributed by atoms with van der Waals surface area (Å²) in [6, 6.07) is 23.6. The number of aliphatic imine (C=N–C) groups is 1. The zero-order valence-electron chi connectivity index (χ0n) is 22.0. The van der Waals surface area contributed by atoms with Crippen LogP contribution in [0.5, 0.6) is 0 Å². The minimum absolute atomic E-state index is 0.153. The fourth-order valence-corrected chi connectivity index (χ4v) is 4.25. The Kier molecular flexibility index (Phi) is 8.39. The van der Waals surface area contributed by atoms with E-state index in [1.54, 1.807) is 0 Å². The Morgan fingerprint density at radius 3 is 1.74 bits per heavy atom. The number of rotatable bonds is 5. The average molecular weight is 477 g/mol. The zero-order chi connectivity index (χ0) is 25.6. The maximum absolute atomic E-state index is 5.60. The van der Waals surface area contributed by atoms with Gasteiger partial charge in [0.2, 0.25) is 0 Å². The zero-order valence-corrected chi connectivity index (χ0v) is 23.0. The first kappa shape index (κ1) is 26.1. The fraction of sp³-hybridized carbons (Fsp3) is 0.281. The maximum atomic E-state index is 5.60. The van der Waals surface area contributed by atoms with Crippen LogP contribution in [-0.2, 0) is 0 Å². The highest BCUT2D eigenvalue weighted by molar-refractivity contribution is 6.83. The molecule has 0 unspecified atom stereocenters. The second-order valence-corrected chi connectivity index (χ2v) is 15.1. The van der Waals surface area contributed by atoms with Gasteiger partial charge >= 0.3 is 0 Å². The van der Waals surface area contributed by atoms with Crippen molar-refractivity contribution in [1.29, 1.82) is 0 Å². The molecule has 0 spiro atoms. The lowest BCUT2D eigenvalue weighted by atomic mass is 9.90. The van der Waals surface area contributed by atoms with E-state index in [4.69, 9.17) is 11.4 Å². The van der Waals surface area contributed by atoms with Crippen LogP contribution in [0.4, 0.5) is 0 Å². The molecule has 178 valence electrons. The van der Waals surface area contributed by atoms with Gasteiger partial charge in [0.05, 0.1) is 0 Å². The minimum atomic E-state index is -1.42. The van der Waals surface area contributed by atoms with Crippen molar-refractivity contribution in [3.05, 3.63) is 83.4 Å². The van der Waals surface area contributed by atoms with Crippen molar-refractivity contribution in [3.63, 3.8) is 0 Å². The Hall–Kier alpha value is -3.53. The normalized spacial score (nSPS) is 11.7. The quantitative estimate of drug-likeness (QED) is 0.177. The monoisotopic (exact) mass is 476 g/mol. The average Bonchev–Trinajstić information content (AvgIpc) is 2.81. The lowest BCUT2D eigenvalue weighted by molar-refractivity contribution is 0.720. The molecule has 2 nitrogen and oxygen atoms in total. The van der Waals surface area contributed by atoms with E-state index in [9.17, 15) is 0 Å². The van der Waals surface area contributed by atoms with Crippen LogP contribution in [0.1, 0.15) is 44.4 Å². The Morgan fingerprint density at radius 2 is 1.31 bits per heavy atom. The molecule has 1 N–H and O–H groups in total. The summed E-state index contributed by atoms with van der Waals surface area (Å²) in [5.41, 5.74) is 11.0. The number of hydrogen-bond donors (Lipinski definition) is 1. The van der Waals surface area contributed by atoms with Gasteiger partial charge in [0.15, 0.2) is 0 Å². The molecule has 3 rings (SSSR count). The molecular formula is C32H36N2Si. The summed E-state index contributed by atoms with van der Waals surface area (Å²) < 4.78 is 0. The molecule has 0 saturated carbocycles. The third-order valence-electron chi connectivity index (χ3n) is 5.25. The van der Waals surface area contributed by atoms with Gasteiger partial charge in [-0.3, -0.25) is 4.99 Å². The van der Waals surface area contributed by atoms with Crippen LogP contribution in [0.25, 0.3) is 22.3 Å². The van der Waals surface area contributed by atoms with Crippen molar-refractivity contribution in [2.45, 2.75) is 59.4 Å². The topological polar surface area (TPSA) is 24.4 Å². The molecule has 0 amide bonds. The van der Waals surface area contributed by atoms with E-state index in [0.717, 1.165) is 44.8 Å². The van der Waals surface area contributed by atoms with Gasteiger partial charge in [-0.2, -0.15) is 0 Å². The molecule has 0 aliphatic carbocycles. The first-order valence-corrected chi connectivity index (χ1v) is 15.8. The predicted octanol–water partition coefficient (Wildman–Crippen LogP) is 7.38. The molecule has 0 heterocycles. The fourth-order valence-electron chi connectivity index (χ4n) is 3.73. The van der Waals surface area contributed by atoms with Crippen molar-refractivity contribution >= 4 is 13.9 Å². The Bertz CT molecular complexity index is 1290. The maximum Gasteiger partial charge on any atom is 0.129 e. The molecule has 3 aromatic rings. The molecule has 0 radical (unpaired) electrons. The minimum Gasteiger partial charge on any atom is -0.368 e. The van der Waals surface area contributed by atoms with Crippen molar-refractivity contribution in [2.75, 3.05) is 0 Å². The highest BCUT2D eigenvalue weighted by Crippen LogP contribution is 2.33. The van der Waals surface area contributed by atoms with E-state index in [2.05, 4.69) is 125 Å². The molecule has 0 aliphatic rings. The van der Waals surface area contributed by atoms with Crippen molar-refractivity contribution < 1.29 is 0 Å². The highest BCUT2D eigenvalue weighted by Gasteiger charge is 2.18. The van der Waals surface area contributed by atoms with Crippen LogP contribution in [0.3, 0.4) is 0 Å². The molecule has 3 aromatic carbocycles. The Morgan fingerprint density at radius 1 is 0.800 bits per heavy atom. The van der Waals surface area contributed by atoms with Gasteiger partial charge in [0.1, 0.15) is 13.9 Å². The number of amidine groups is 1. The number of benzene rings is 3. The van der Waals surface area contributed by atoms with E-state index in [-0.39, 0.29) is 12.1 Å². The number of terminal acetylenes is 1. The van der Waals surface area contributed by atoms with Crippen LogP contribution in [0.2, 0.25) is 19.6 Å². The second kappa shape index (κ2) is 11.3. The molecule has 35 heavy (non-hydrogen) atoms. The molecule has 0 bridgehead atoms. The molecular weight excluding hydrogens is 440 g/mol. The van der Waals surface area contributed by atoms with Gasteiger partial charge in [-0.05, 0) is 74.2 Å². The number of hydrogen-bond acceptors (Lipinski definition) is 1. The second-order valence-electron chi connectivity index (χ2n) is 10.4. The van der Waals surface area contributed by atoms with Crippen molar-refractivity contribution in [3.8, 4) is 46.1 Å². The van der Waals surface area contributed by atoms with E-state index < -0.39 is 8.07 Å². The largest absolute Gasteiger partial charge is 0.368 e. The highest BCUT2D eigenvalue weighted by atomic mass is 28.3. The summed E-state index contributed by atoms with van der Waals surface area (Å²) in [5.74, 6) is 6.98. The molecule has 0 fully saturated rings. The van der Waals surface area contributed by atoms with Crippen LogP contribution in [-0.4, -0.2) is 26.0 Å². The molecule has 0 aromatic heterocycles. The lowest BCUT2D eigenvalue weighted by Crippen LogP contribution is -2.32. The van der Waals surface area contributed by atoms with Gasteiger partial charge in [-0.15, -0.1) is 12.0 Å². The summed E-state index contributed by atoms with van der Waals surface area (Å²) in [4.78, 5) is 5.02. The summed E-state index contributed by atoms with van der Waals surface area (Å²) in [6.45, 7) is 15.3. The summed E-state index contributed by atoms with van der Waals surface area (Å²) >= 11 is 0. The third kappa shape index (κ3) is 7.22. The van der Waals surface area contributed by atoms with Crippen LogP contribution in [0, 0.1) is 23.8 Å². The van der Waals surface area contributed by atoms with Crippen LogP contribution >= 0.6 is 0 Å². The molecule has 0 aliphatic heterocycles. The first-order chi connectivity index (χ1) is 16.6. The van der Waals surface area contributed by atoms with Gasteiger partial charge in [-0.25, -0.2) is 0 Å². The third-order valence-corrected chi connectivity index (χ3v) is 6.13.